The number of amides is 1. The molecule has 2 heterocycles. The van der Waals surface area contributed by atoms with Crippen LogP contribution in [0.5, 0.6) is 0 Å². The van der Waals surface area contributed by atoms with Crippen LogP contribution < -0.4 is 0 Å². The number of carboxylic acid groups (broad SMARTS) is 1. The molecule has 1 saturated heterocycles. The van der Waals surface area contributed by atoms with Crippen LogP contribution in [-0.4, -0.2) is 39.6 Å². The largest absolute Gasteiger partial charge is 0.481 e. The standard InChI is InChI=1S/C17H18N2O4/c1-10-13(17(21)22)8-9-19(10)16(20)14-11(2)23-18-15(14)12-6-4-3-5-7-12/h3-7,10,13H,8-9H2,1-2H3,(H,21,22). The van der Waals surface area contributed by atoms with Gasteiger partial charge in [-0.25, -0.2) is 0 Å². The molecule has 23 heavy (non-hydrogen) atoms. The van der Waals surface area contributed by atoms with Gasteiger partial charge in [0.15, 0.2) is 0 Å². The van der Waals surface area contributed by atoms with Gasteiger partial charge >= 0.3 is 5.97 Å². The number of hydrogen-bond donors (Lipinski definition) is 1. The highest BCUT2D eigenvalue weighted by molar-refractivity contribution is 6.01. The van der Waals surface area contributed by atoms with Crippen LogP contribution in [-0.2, 0) is 4.79 Å². The molecule has 1 aliphatic rings. The summed E-state index contributed by atoms with van der Waals surface area (Å²) in [6.45, 7) is 3.90. The van der Waals surface area contributed by atoms with Crippen molar-refractivity contribution in [1.82, 2.24) is 10.1 Å². The summed E-state index contributed by atoms with van der Waals surface area (Å²) >= 11 is 0. The van der Waals surface area contributed by atoms with Crippen LogP contribution >= 0.6 is 0 Å². The molecule has 1 N–H and O–H groups in total. The normalized spacial score (nSPS) is 20.7. The minimum atomic E-state index is -0.863. The molecule has 0 spiro atoms. The van der Waals surface area contributed by atoms with Gasteiger partial charge in [-0.1, -0.05) is 35.5 Å². The molecule has 6 nitrogen and oxygen atoms in total. The van der Waals surface area contributed by atoms with Gasteiger partial charge in [0.25, 0.3) is 5.91 Å². The average molecular weight is 314 g/mol. The fraction of sp³-hybridized carbons (Fsp3) is 0.353. The molecule has 1 aromatic carbocycles. The molecule has 120 valence electrons. The zero-order valence-corrected chi connectivity index (χ0v) is 13.0. The van der Waals surface area contributed by atoms with Crippen molar-refractivity contribution in [2.24, 2.45) is 5.92 Å². The van der Waals surface area contributed by atoms with E-state index in [4.69, 9.17) is 4.52 Å². The van der Waals surface area contributed by atoms with Gasteiger partial charge in [0.05, 0.1) is 5.92 Å². The molecule has 0 saturated carbocycles. The van der Waals surface area contributed by atoms with E-state index in [-0.39, 0.29) is 11.9 Å². The van der Waals surface area contributed by atoms with Gasteiger partial charge in [0, 0.05) is 18.2 Å². The Morgan fingerprint density at radius 3 is 2.61 bits per heavy atom. The van der Waals surface area contributed by atoms with Gasteiger partial charge in [0.1, 0.15) is 17.0 Å². The Labute approximate surface area is 133 Å². The maximum absolute atomic E-state index is 12.9. The van der Waals surface area contributed by atoms with Gasteiger partial charge < -0.3 is 14.5 Å². The van der Waals surface area contributed by atoms with Crippen molar-refractivity contribution in [3.05, 3.63) is 41.7 Å². The first-order chi connectivity index (χ1) is 11.0. The van der Waals surface area contributed by atoms with Crippen LogP contribution in [0, 0.1) is 12.8 Å². The highest BCUT2D eigenvalue weighted by Crippen LogP contribution is 2.31. The first-order valence-corrected chi connectivity index (χ1v) is 7.56. The maximum atomic E-state index is 12.9. The molecule has 0 radical (unpaired) electrons. The lowest BCUT2D eigenvalue weighted by atomic mass is 10.0. The molecule has 0 aliphatic carbocycles. The van der Waals surface area contributed by atoms with Crippen molar-refractivity contribution in [3.63, 3.8) is 0 Å². The van der Waals surface area contributed by atoms with Crippen molar-refractivity contribution in [2.75, 3.05) is 6.54 Å². The second kappa shape index (κ2) is 5.87. The molecule has 0 bridgehead atoms. The highest BCUT2D eigenvalue weighted by Gasteiger charge is 2.40. The number of aliphatic carboxylic acids is 1. The fourth-order valence-electron chi connectivity index (χ4n) is 3.12. The number of carboxylic acids is 1. The predicted octanol–water partition coefficient (Wildman–Crippen LogP) is 2.59. The number of likely N-dealkylation sites (tertiary alicyclic amines) is 1. The van der Waals surface area contributed by atoms with Crippen LogP contribution in [0.4, 0.5) is 0 Å². The summed E-state index contributed by atoms with van der Waals surface area (Å²) < 4.78 is 5.23. The maximum Gasteiger partial charge on any atom is 0.308 e. The van der Waals surface area contributed by atoms with Crippen LogP contribution in [0.25, 0.3) is 11.3 Å². The molecule has 2 unspecified atom stereocenters. The zero-order valence-electron chi connectivity index (χ0n) is 13.0. The summed E-state index contributed by atoms with van der Waals surface area (Å²) in [5.74, 6) is -1.17. The number of rotatable bonds is 3. The number of benzene rings is 1. The SMILES string of the molecule is Cc1onc(-c2ccccc2)c1C(=O)N1CCC(C(=O)O)C1C. The van der Waals surface area contributed by atoms with Crippen molar-refractivity contribution < 1.29 is 19.2 Å². The summed E-state index contributed by atoms with van der Waals surface area (Å²) in [6.07, 6.45) is 0.466. The average Bonchev–Trinajstić information content (AvgIpc) is 3.11. The van der Waals surface area contributed by atoms with Crippen molar-refractivity contribution in [3.8, 4) is 11.3 Å². The van der Waals surface area contributed by atoms with Crippen LogP contribution in [0.2, 0.25) is 0 Å². The number of carbonyl (C=O) groups is 2. The summed E-state index contributed by atoms with van der Waals surface area (Å²) in [4.78, 5) is 25.8. The van der Waals surface area contributed by atoms with E-state index in [0.29, 0.717) is 30.0 Å². The molecular formula is C17H18N2O4. The number of hydrogen-bond acceptors (Lipinski definition) is 4. The van der Waals surface area contributed by atoms with Gasteiger partial charge in [-0.2, -0.15) is 0 Å². The highest BCUT2D eigenvalue weighted by atomic mass is 16.5. The van der Waals surface area contributed by atoms with Gasteiger partial charge in [-0.05, 0) is 20.3 Å². The van der Waals surface area contributed by atoms with Crippen molar-refractivity contribution in [2.45, 2.75) is 26.3 Å². The molecule has 1 fully saturated rings. The fourth-order valence-corrected chi connectivity index (χ4v) is 3.12. The minimum absolute atomic E-state index is 0.223. The van der Waals surface area contributed by atoms with Crippen molar-refractivity contribution in [1.29, 1.82) is 0 Å². The lowest BCUT2D eigenvalue weighted by Gasteiger charge is -2.23. The number of nitrogens with zero attached hydrogens (tertiary/aromatic N) is 2. The summed E-state index contributed by atoms with van der Waals surface area (Å²) in [5.41, 5.74) is 1.71. The topological polar surface area (TPSA) is 83.6 Å². The number of aromatic nitrogens is 1. The summed E-state index contributed by atoms with van der Waals surface area (Å²) in [5, 5.41) is 13.3. The van der Waals surface area contributed by atoms with E-state index < -0.39 is 11.9 Å². The van der Waals surface area contributed by atoms with E-state index in [0.717, 1.165) is 5.56 Å². The van der Waals surface area contributed by atoms with Gasteiger partial charge in [-0.15, -0.1) is 0 Å². The Kier molecular flexibility index (Phi) is 3.90. The molecular weight excluding hydrogens is 296 g/mol. The van der Waals surface area contributed by atoms with E-state index in [1.54, 1.807) is 18.7 Å². The Bertz CT molecular complexity index is 738. The monoisotopic (exact) mass is 314 g/mol. The second-order valence-corrected chi connectivity index (χ2v) is 5.80. The van der Waals surface area contributed by atoms with Crippen LogP contribution in [0.3, 0.4) is 0 Å². The predicted molar refractivity (Wildman–Crippen MR) is 82.9 cm³/mol. The van der Waals surface area contributed by atoms with E-state index in [1.807, 2.05) is 30.3 Å². The molecule has 3 rings (SSSR count). The van der Waals surface area contributed by atoms with E-state index in [1.165, 1.54) is 0 Å². The number of aryl methyl sites for hydroxylation is 1. The second-order valence-electron chi connectivity index (χ2n) is 5.80. The van der Waals surface area contributed by atoms with E-state index in [2.05, 4.69) is 5.16 Å². The van der Waals surface area contributed by atoms with Crippen molar-refractivity contribution >= 4 is 11.9 Å². The van der Waals surface area contributed by atoms with Gasteiger partial charge in [0.2, 0.25) is 0 Å². The van der Waals surface area contributed by atoms with E-state index >= 15 is 0 Å². The third-order valence-corrected chi connectivity index (χ3v) is 4.46. The lowest BCUT2D eigenvalue weighted by Crippen LogP contribution is -2.38. The quantitative estimate of drug-likeness (QED) is 0.941. The number of carbonyl (C=O) groups excluding carboxylic acids is 1. The van der Waals surface area contributed by atoms with Crippen LogP contribution in [0.15, 0.2) is 34.9 Å². The Morgan fingerprint density at radius 2 is 2.00 bits per heavy atom. The minimum Gasteiger partial charge on any atom is -0.481 e. The molecule has 6 heteroatoms. The first-order valence-electron chi connectivity index (χ1n) is 7.56. The lowest BCUT2D eigenvalue weighted by molar-refractivity contribution is -0.142. The third-order valence-electron chi connectivity index (χ3n) is 4.46. The smallest absolute Gasteiger partial charge is 0.308 e. The molecule has 1 aliphatic heterocycles. The first kappa shape index (κ1) is 15.3. The van der Waals surface area contributed by atoms with Crippen LogP contribution in [0.1, 0.15) is 29.5 Å². The Hall–Kier alpha value is -2.63. The molecule has 2 atom stereocenters. The van der Waals surface area contributed by atoms with Gasteiger partial charge in [-0.3, -0.25) is 9.59 Å². The zero-order chi connectivity index (χ0) is 16.6. The molecule has 1 amide bonds. The molecule has 2 aromatic rings. The van der Waals surface area contributed by atoms with E-state index in [9.17, 15) is 14.7 Å². The Balaban J connectivity index is 1.95. The Morgan fingerprint density at radius 1 is 1.30 bits per heavy atom. The summed E-state index contributed by atoms with van der Waals surface area (Å²) in [6, 6.07) is 9.00. The summed E-state index contributed by atoms with van der Waals surface area (Å²) in [7, 11) is 0. The molecule has 1 aromatic heterocycles. The third kappa shape index (κ3) is 2.60.